The van der Waals surface area contributed by atoms with Gasteiger partial charge in [0.15, 0.2) is 11.5 Å². The molecule has 1 heterocycles. The molecular weight excluding hydrogens is 494 g/mol. The van der Waals surface area contributed by atoms with Crippen molar-refractivity contribution >= 4 is 28.9 Å². The summed E-state index contributed by atoms with van der Waals surface area (Å²) in [5.74, 6) is 0.785. The fourth-order valence-corrected chi connectivity index (χ4v) is 4.22. The van der Waals surface area contributed by atoms with Crippen molar-refractivity contribution in [3.8, 4) is 23.0 Å². The van der Waals surface area contributed by atoms with E-state index in [0.29, 0.717) is 45.5 Å². The highest BCUT2D eigenvalue weighted by atomic mass is 16.6. The van der Waals surface area contributed by atoms with Gasteiger partial charge in [-0.2, -0.15) is 0 Å². The molecule has 11 nitrogen and oxygen atoms in total. The predicted molar refractivity (Wildman–Crippen MR) is 140 cm³/mol. The van der Waals surface area contributed by atoms with Crippen LogP contribution in [0.5, 0.6) is 23.0 Å². The van der Waals surface area contributed by atoms with Crippen LogP contribution in [0.15, 0.2) is 66.7 Å². The van der Waals surface area contributed by atoms with Gasteiger partial charge < -0.3 is 24.3 Å². The van der Waals surface area contributed by atoms with Gasteiger partial charge in [0.1, 0.15) is 5.75 Å². The molecule has 1 atom stereocenters. The van der Waals surface area contributed by atoms with Gasteiger partial charge in [-0.3, -0.25) is 24.6 Å². The molecule has 0 aromatic heterocycles. The van der Waals surface area contributed by atoms with Gasteiger partial charge in [0.2, 0.25) is 5.75 Å². The zero-order valence-electron chi connectivity index (χ0n) is 21.1. The number of ether oxygens (including phenoxy) is 4. The SMILES string of the molecule is C=C1C(=O)N(c2cc(OC)c(OC)c(OC)c2)[C@H]1c1ccc(OC)c(NC(=O)c2ccc([N+](=O)[O-])cc2)c1. The maximum Gasteiger partial charge on any atom is 0.269 e. The molecule has 1 fully saturated rings. The molecule has 3 aromatic carbocycles. The van der Waals surface area contributed by atoms with E-state index in [1.807, 2.05) is 0 Å². The summed E-state index contributed by atoms with van der Waals surface area (Å²) in [6.45, 7) is 3.95. The third kappa shape index (κ3) is 4.57. The second-order valence-electron chi connectivity index (χ2n) is 8.20. The number of rotatable bonds is 9. The molecule has 1 saturated heterocycles. The van der Waals surface area contributed by atoms with Crippen LogP contribution in [0.25, 0.3) is 0 Å². The number of carbonyl (C=O) groups excluding carboxylic acids is 2. The first kappa shape index (κ1) is 26.0. The van der Waals surface area contributed by atoms with Gasteiger partial charge in [-0.15, -0.1) is 0 Å². The number of methoxy groups -OCH3 is 4. The van der Waals surface area contributed by atoms with Crippen molar-refractivity contribution in [3.63, 3.8) is 0 Å². The Morgan fingerprint density at radius 2 is 1.53 bits per heavy atom. The van der Waals surface area contributed by atoms with E-state index in [2.05, 4.69) is 11.9 Å². The smallest absolute Gasteiger partial charge is 0.269 e. The molecule has 0 aliphatic carbocycles. The topological polar surface area (TPSA) is 129 Å². The predicted octanol–water partition coefficient (Wildman–Crippen LogP) is 4.53. The molecule has 2 amide bonds. The average Bonchev–Trinajstić information content (AvgIpc) is 2.94. The molecular formula is C27H25N3O8. The number of nitrogens with zero attached hydrogens (tertiary/aromatic N) is 2. The second-order valence-corrected chi connectivity index (χ2v) is 8.20. The fourth-order valence-electron chi connectivity index (χ4n) is 4.22. The Bertz CT molecular complexity index is 1410. The van der Waals surface area contributed by atoms with Gasteiger partial charge >= 0.3 is 0 Å². The minimum absolute atomic E-state index is 0.124. The van der Waals surface area contributed by atoms with E-state index in [-0.39, 0.29) is 17.2 Å². The molecule has 0 unspecified atom stereocenters. The standard InChI is InChI=1S/C27H25N3O8/c1-15-24(29(27(15)32)19-13-22(36-3)25(38-5)23(14-19)37-4)17-8-11-21(35-2)20(12-17)28-26(31)16-6-9-18(10-7-16)30(33)34/h6-14,24H,1H2,2-5H3,(H,28,31)/t24-/m1/s1. The number of anilines is 2. The van der Waals surface area contributed by atoms with Crippen molar-refractivity contribution in [2.75, 3.05) is 38.7 Å². The molecule has 11 heteroatoms. The maximum atomic E-state index is 12.9. The Balaban J connectivity index is 1.68. The Hall–Kier alpha value is -5.06. The molecule has 3 aromatic rings. The van der Waals surface area contributed by atoms with Crippen molar-refractivity contribution in [1.29, 1.82) is 0 Å². The second kappa shape index (κ2) is 10.5. The van der Waals surface area contributed by atoms with Crippen LogP contribution in [0.4, 0.5) is 17.1 Å². The van der Waals surface area contributed by atoms with Crippen molar-refractivity contribution in [2.45, 2.75) is 6.04 Å². The number of β-lactam (4-membered cyclic amide) rings is 1. The molecule has 0 spiro atoms. The highest BCUT2D eigenvalue weighted by Gasteiger charge is 2.43. The van der Waals surface area contributed by atoms with Crippen LogP contribution in [0, 0.1) is 10.1 Å². The first-order chi connectivity index (χ1) is 18.2. The summed E-state index contributed by atoms with van der Waals surface area (Å²) < 4.78 is 21.6. The number of non-ortho nitro benzene ring substituents is 1. The van der Waals surface area contributed by atoms with Crippen molar-refractivity contribution in [3.05, 3.63) is 88.0 Å². The van der Waals surface area contributed by atoms with Gasteiger partial charge in [-0.05, 0) is 29.8 Å². The number of nitro benzene ring substituents is 1. The van der Waals surface area contributed by atoms with Crippen molar-refractivity contribution in [2.24, 2.45) is 0 Å². The van der Waals surface area contributed by atoms with E-state index >= 15 is 0 Å². The first-order valence-electron chi connectivity index (χ1n) is 11.3. The Morgan fingerprint density at radius 3 is 2.05 bits per heavy atom. The van der Waals surface area contributed by atoms with Crippen LogP contribution in [0.2, 0.25) is 0 Å². The van der Waals surface area contributed by atoms with Gasteiger partial charge in [-0.25, -0.2) is 0 Å². The van der Waals surface area contributed by atoms with Crippen LogP contribution < -0.4 is 29.2 Å². The summed E-state index contributed by atoms with van der Waals surface area (Å²) in [5, 5.41) is 13.7. The minimum atomic E-state index is -0.541. The van der Waals surface area contributed by atoms with E-state index in [1.165, 1.54) is 57.6 Å². The lowest BCUT2D eigenvalue weighted by molar-refractivity contribution is -0.384. The highest BCUT2D eigenvalue weighted by molar-refractivity contribution is 6.15. The van der Waals surface area contributed by atoms with Crippen molar-refractivity contribution in [1.82, 2.24) is 0 Å². The molecule has 0 bridgehead atoms. The van der Waals surface area contributed by atoms with Gasteiger partial charge in [0, 0.05) is 35.4 Å². The number of carbonyl (C=O) groups is 2. The summed E-state index contributed by atoms with van der Waals surface area (Å²) in [4.78, 5) is 37.7. The lowest BCUT2D eigenvalue weighted by atomic mass is 9.88. The summed E-state index contributed by atoms with van der Waals surface area (Å²) >= 11 is 0. The zero-order valence-corrected chi connectivity index (χ0v) is 21.1. The normalized spacial score (nSPS) is 14.4. The number of nitro groups is 1. The molecule has 4 rings (SSSR count). The Labute approximate surface area is 218 Å². The molecule has 0 radical (unpaired) electrons. The van der Waals surface area contributed by atoms with Crippen LogP contribution in [0.1, 0.15) is 22.0 Å². The number of hydrogen-bond donors (Lipinski definition) is 1. The monoisotopic (exact) mass is 519 g/mol. The van der Waals surface area contributed by atoms with Crippen molar-refractivity contribution < 1.29 is 33.5 Å². The fraction of sp³-hybridized carbons (Fsp3) is 0.185. The number of hydrogen-bond acceptors (Lipinski definition) is 8. The molecule has 1 aliphatic heterocycles. The zero-order chi connectivity index (χ0) is 27.6. The average molecular weight is 520 g/mol. The van der Waals surface area contributed by atoms with E-state index in [1.54, 1.807) is 30.3 Å². The lowest BCUT2D eigenvalue weighted by Gasteiger charge is -2.43. The van der Waals surface area contributed by atoms with E-state index in [4.69, 9.17) is 18.9 Å². The van der Waals surface area contributed by atoms with Crippen LogP contribution >= 0.6 is 0 Å². The lowest BCUT2D eigenvalue weighted by Crippen LogP contribution is -2.48. The van der Waals surface area contributed by atoms with Gasteiger partial charge in [0.25, 0.3) is 17.5 Å². The third-order valence-electron chi connectivity index (χ3n) is 6.14. The largest absolute Gasteiger partial charge is 0.495 e. The van der Waals surface area contributed by atoms with E-state index < -0.39 is 16.9 Å². The van der Waals surface area contributed by atoms with Gasteiger partial charge in [-0.1, -0.05) is 12.6 Å². The highest BCUT2D eigenvalue weighted by Crippen LogP contribution is 2.48. The Kier molecular flexibility index (Phi) is 7.19. The van der Waals surface area contributed by atoms with E-state index in [0.717, 1.165) is 0 Å². The van der Waals surface area contributed by atoms with Gasteiger partial charge in [0.05, 0.1) is 50.8 Å². The maximum absolute atomic E-state index is 12.9. The summed E-state index contributed by atoms with van der Waals surface area (Å²) in [6.07, 6.45) is 0. The summed E-state index contributed by atoms with van der Waals surface area (Å²) in [5.41, 5.74) is 1.99. The molecule has 1 N–H and O–H groups in total. The molecule has 0 saturated carbocycles. The van der Waals surface area contributed by atoms with Crippen LogP contribution in [-0.2, 0) is 4.79 Å². The molecule has 1 aliphatic rings. The minimum Gasteiger partial charge on any atom is -0.495 e. The summed E-state index contributed by atoms with van der Waals surface area (Å²) in [6, 6.07) is 13.2. The Morgan fingerprint density at radius 1 is 0.921 bits per heavy atom. The molecule has 196 valence electrons. The quantitative estimate of drug-likeness (QED) is 0.189. The van der Waals surface area contributed by atoms with Crippen LogP contribution in [0.3, 0.4) is 0 Å². The third-order valence-corrected chi connectivity index (χ3v) is 6.14. The molecule has 38 heavy (non-hydrogen) atoms. The van der Waals surface area contributed by atoms with Crippen LogP contribution in [-0.4, -0.2) is 45.2 Å². The number of nitrogens with one attached hydrogen (secondary N) is 1. The van der Waals surface area contributed by atoms with E-state index in [9.17, 15) is 19.7 Å². The first-order valence-corrected chi connectivity index (χ1v) is 11.3. The summed E-state index contributed by atoms with van der Waals surface area (Å²) in [7, 11) is 5.92. The number of benzene rings is 3. The number of amides is 2.